The molecule has 0 spiro atoms. The van der Waals surface area contributed by atoms with E-state index in [-0.39, 0.29) is 5.91 Å². The first-order valence-electron chi connectivity index (χ1n) is 9.32. The second-order valence-corrected chi connectivity index (χ2v) is 7.33. The lowest BCUT2D eigenvalue weighted by atomic mass is 10.2. The summed E-state index contributed by atoms with van der Waals surface area (Å²) in [5, 5.41) is 3.60. The number of benzene rings is 2. The van der Waals surface area contributed by atoms with Gasteiger partial charge < -0.3 is 5.32 Å². The third-order valence-electron chi connectivity index (χ3n) is 4.78. The number of piperazine rings is 1. The number of carbonyl (C=O) groups excluding carboxylic acids is 1. The second kappa shape index (κ2) is 9.70. The predicted octanol–water partition coefficient (Wildman–Crippen LogP) is 3.92. The van der Waals surface area contributed by atoms with Crippen molar-refractivity contribution in [1.29, 1.82) is 0 Å². The highest BCUT2D eigenvalue weighted by Crippen LogP contribution is 2.20. The molecule has 4 nitrogen and oxygen atoms in total. The highest BCUT2D eigenvalue weighted by Gasteiger charge is 2.18. The topological polar surface area (TPSA) is 35.6 Å². The van der Waals surface area contributed by atoms with Crippen molar-refractivity contribution in [3.8, 4) is 0 Å². The van der Waals surface area contributed by atoms with Gasteiger partial charge in [-0.15, -0.1) is 0 Å². The molecule has 0 aromatic heterocycles. The summed E-state index contributed by atoms with van der Waals surface area (Å²) in [7, 11) is 0. The molecule has 0 unspecified atom stereocenters. The highest BCUT2D eigenvalue weighted by molar-refractivity contribution is 6.31. The van der Waals surface area contributed by atoms with E-state index in [9.17, 15) is 4.79 Å². The molecule has 1 aliphatic rings. The van der Waals surface area contributed by atoms with Gasteiger partial charge in [0, 0.05) is 43.4 Å². The molecule has 1 saturated heterocycles. The number of hydrogen-bond donors (Lipinski definition) is 1. The second-order valence-electron chi connectivity index (χ2n) is 6.90. The average molecular weight is 384 g/mol. The molecule has 1 amide bonds. The molecule has 142 valence electrons. The zero-order valence-corrected chi connectivity index (χ0v) is 16.5. The lowest BCUT2D eigenvalue weighted by Gasteiger charge is -2.33. The van der Waals surface area contributed by atoms with Gasteiger partial charge in [0.15, 0.2) is 0 Å². The number of nitrogens with zero attached hydrogens (tertiary/aromatic N) is 2. The van der Waals surface area contributed by atoms with Gasteiger partial charge >= 0.3 is 0 Å². The summed E-state index contributed by atoms with van der Waals surface area (Å²) < 4.78 is 0. The molecule has 27 heavy (non-hydrogen) atoms. The molecule has 5 heteroatoms. The molecule has 0 saturated carbocycles. The Morgan fingerprint density at radius 1 is 1.07 bits per heavy atom. The van der Waals surface area contributed by atoms with Crippen molar-refractivity contribution in [2.24, 2.45) is 0 Å². The van der Waals surface area contributed by atoms with E-state index in [2.05, 4.69) is 39.4 Å². The van der Waals surface area contributed by atoms with E-state index >= 15 is 0 Å². The Hall–Kier alpha value is -2.14. The Morgan fingerprint density at radius 3 is 2.52 bits per heavy atom. The van der Waals surface area contributed by atoms with Crippen LogP contribution in [-0.2, 0) is 4.79 Å². The summed E-state index contributed by atoms with van der Waals surface area (Å²) in [5.74, 6) is 0.0118. The monoisotopic (exact) mass is 383 g/mol. The lowest BCUT2D eigenvalue weighted by molar-refractivity contribution is -0.117. The summed E-state index contributed by atoms with van der Waals surface area (Å²) in [6, 6.07) is 15.9. The van der Waals surface area contributed by atoms with Crippen LogP contribution in [0.2, 0.25) is 5.02 Å². The van der Waals surface area contributed by atoms with Gasteiger partial charge in [-0.2, -0.15) is 0 Å². The Balaban J connectivity index is 1.40. The SMILES string of the molecule is Cc1ccc(Cl)cc1NC(=O)CN1CCN(C/C=C/c2ccccc2)CC1. The van der Waals surface area contributed by atoms with Gasteiger partial charge in [0.1, 0.15) is 0 Å². The number of halogens is 1. The molecule has 2 aromatic carbocycles. The zero-order chi connectivity index (χ0) is 19.1. The molecule has 0 aliphatic carbocycles. The van der Waals surface area contributed by atoms with Crippen LogP contribution >= 0.6 is 11.6 Å². The minimum atomic E-state index is 0.0118. The van der Waals surface area contributed by atoms with E-state index in [1.165, 1.54) is 5.56 Å². The van der Waals surface area contributed by atoms with E-state index in [0.29, 0.717) is 11.6 Å². The first kappa shape index (κ1) is 19.6. The maximum atomic E-state index is 12.3. The Kier molecular flexibility index (Phi) is 7.04. The number of rotatable bonds is 6. The van der Waals surface area contributed by atoms with Crippen LogP contribution < -0.4 is 5.32 Å². The lowest BCUT2D eigenvalue weighted by Crippen LogP contribution is -2.48. The molecule has 2 aromatic rings. The van der Waals surface area contributed by atoms with Crippen molar-refractivity contribution in [1.82, 2.24) is 9.80 Å². The van der Waals surface area contributed by atoms with E-state index in [4.69, 9.17) is 11.6 Å². The van der Waals surface area contributed by atoms with Crippen molar-refractivity contribution < 1.29 is 4.79 Å². The first-order valence-corrected chi connectivity index (χ1v) is 9.70. The van der Waals surface area contributed by atoms with Crippen LogP contribution in [0, 0.1) is 6.92 Å². The van der Waals surface area contributed by atoms with Gasteiger partial charge in [-0.25, -0.2) is 0 Å². The molecular weight excluding hydrogens is 358 g/mol. The number of amides is 1. The molecule has 1 aliphatic heterocycles. The van der Waals surface area contributed by atoms with Crippen molar-refractivity contribution in [3.63, 3.8) is 0 Å². The van der Waals surface area contributed by atoms with Crippen LogP contribution in [0.15, 0.2) is 54.6 Å². The van der Waals surface area contributed by atoms with Crippen LogP contribution in [0.3, 0.4) is 0 Å². The zero-order valence-electron chi connectivity index (χ0n) is 15.7. The van der Waals surface area contributed by atoms with Crippen molar-refractivity contribution >= 4 is 29.3 Å². The Labute approximate surface area is 166 Å². The number of aryl methyl sites for hydroxylation is 1. The number of nitrogens with one attached hydrogen (secondary N) is 1. The molecule has 1 N–H and O–H groups in total. The molecular formula is C22H26ClN3O. The van der Waals surface area contributed by atoms with Gasteiger partial charge in [-0.3, -0.25) is 14.6 Å². The molecule has 0 bridgehead atoms. The normalized spacial score (nSPS) is 15.9. The molecule has 0 atom stereocenters. The minimum Gasteiger partial charge on any atom is -0.325 e. The fourth-order valence-corrected chi connectivity index (χ4v) is 3.33. The summed E-state index contributed by atoms with van der Waals surface area (Å²) in [4.78, 5) is 16.9. The predicted molar refractivity (Wildman–Crippen MR) is 113 cm³/mol. The van der Waals surface area contributed by atoms with Crippen molar-refractivity contribution in [3.05, 3.63) is 70.8 Å². The maximum absolute atomic E-state index is 12.3. The van der Waals surface area contributed by atoms with Crippen LogP contribution in [0.25, 0.3) is 6.08 Å². The van der Waals surface area contributed by atoms with Crippen LogP contribution in [0.4, 0.5) is 5.69 Å². The maximum Gasteiger partial charge on any atom is 0.238 e. The fraction of sp³-hybridized carbons (Fsp3) is 0.318. The summed E-state index contributed by atoms with van der Waals surface area (Å²) in [5.41, 5.74) is 3.03. The molecule has 1 heterocycles. The molecule has 3 rings (SSSR count). The summed E-state index contributed by atoms with van der Waals surface area (Å²) in [6.07, 6.45) is 4.37. The van der Waals surface area contributed by atoms with Crippen LogP contribution in [0.5, 0.6) is 0 Å². The van der Waals surface area contributed by atoms with Gasteiger partial charge in [0.2, 0.25) is 5.91 Å². The average Bonchev–Trinajstić information content (AvgIpc) is 2.67. The van der Waals surface area contributed by atoms with E-state index in [1.54, 1.807) is 6.07 Å². The summed E-state index contributed by atoms with van der Waals surface area (Å²) in [6.45, 7) is 7.08. The standard InChI is InChI=1S/C22H26ClN3O/c1-18-9-10-20(23)16-21(18)24-22(27)17-26-14-12-25(13-15-26)11-5-8-19-6-3-2-4-7-19/h2-10,16H,11-15,17H2,1H3,(H,24,27)/b8-5+. The third-order valence-corrected chi connectivity index (χ3v) is 5.01. The number of carbonyl (C=O) groups is 1. The van der Waals surface area contributed by atoms with Crippen molar-refractivity contribution in [2.45, 2.75) is 6.92 Å². The highest BCUT2D eigenvalue weighted by atomic mass is 35.5. The van der Waals surface area contributed by atoms with Gasteiger partial charge in [-0.05, 0) is 30.2 Å². The van der Waals surface area contributed by atoms with Gasteiger partial charge in [0.05, 0.1) is 6.54 Å². The van der Waals surface area contributed by atoms with Crippen LogP contribution in [0.1, 0.15) is 11.1 Å². The first-order chi connectivity index (χ1) is 13.1. The summed E-state index contributed by atoms with van der Waals surface area (Å²) >= 11 is 6.02. The Morgan fingerprint density at radius 2 is 1.78 bits per heavy atom. The third kappa shape index (κ3) is 6.21. The minimum absolute atomic E-state index is 0.0118. The quantitative estimate of drug-likeness (QED) is 0.821. The van der Waals surface area contributed by atoms with Gasteiger partial charge in [0.25, 0.3) is 0 Å². The number of anilines is 1. The smallest absolute Gasteiger partial charge is 0.238 e. The van der Waals surface area contributed by atoms with E-state index in [1.807, 2.05) is 37.3 Å². The largest absolute Gasteiger partial charge is 0.325 e. The fourth-order valence-electron chi connectivity index (χ4n) is 3.15. The van der Waals surface area contributed by atoms with Crippen molar-refractivity contribution in [2.75, 3.05) is 44.6 Å². The molecule has 1 fully saturated rings. The molecule has 0 radical (unpaired) electrons. The van der Waals surface area contributed by atoms with E-state index in [0.717, 1.165) is 44.0 Å². The van der Waals surface area contributed by atoms with Crippen LogP contribution in [-0.4, -0.2) is 55.0 Å². The van der Waals surface area contributed by atoms with E-state index < -0.39 is 0 Å². The number of hydrogen-bond acceptors (Lipinski definition) is 3. The van der Waals surface area contributed by atoms with Gasteiger partial charge in [-0.1, -0.05) is 60.2 Å². The Bertz CT molecular complexity index is 783.